The molecule has 0 amide bonds. The standard InChI is InChI=1S/C10H11BrN4O/c1-15(2)6-13-7-4-9(16-3)10(11)14-8(7)5-12/h4,6H,1-3H3. The first-order chi connectivity index (χ1) is 7.58. The lowest BCUT2D eigenvalue weighted by Crippen LogP contribution is -2.07. The molecule has 1 heterocycles. The first kappa shape index (κ1) is 12.5. The molecule has 0 atom stereocenters. The molecular formula is C10H11BrN4O. The third kappa shape index (κ3) is 2.94. The molecule has 84 valence electrons. The van der Waals surface area contributed by atoms with Gasteiger partial charge in [0.05, 0.1) is 13.4 Å². The highest BCUT2D eigenvalue weighted by atomic mass is 79.9. The summed E-state index contributed by atoms with van der Waals surface area (Å²) in [6.07, 6.45) is 1.60. The molecule has 0 spiro atoms. The SMILES string of the molecule is COc1cc(N=CN(C)C)c(C#N)nc1Br. The quantitative estimate of drug-likeness (QED) is 0.483. The van der Waals surface area contributed by atoms with E-state index < -0.39 is 0 Å². The van der Waals surface area contributed by atoms with Crippen molar-refractivity contribution in [2.45, 2.75) is 0 Å². The molecule has 6 heteroatoms. The van der Waals surface area contributed by atoms with Crippen molar-refractivity contribution in [2.24, 2.45) is 4.99 Å². The van der Waals surface area contributed by atoms with Gasteiger partial charge in [-0.3, -0.25) is 0 Å². The topological polar surface area (TPSA) is 61.5 Å². The van der Waals surface area contributed by atoms with Crippen molar-refractivity contribution < 1.29 is 4.74 Å². The zero-order valence-corrected chi connectivity index (χ0v) is 10.8. The summed E-state index contributed by atoms with van der Waals surface area (Å²) in [5.41, 5.74) is 0.738. The van der Waals surface area contributed by atoms with Crippen LogP contribution >= 0.6 is 15.9 Å². The third-order valence-corrected chi connectivity index (χ3v) is 2.25. The van der Waals surface area contributed by atoms with E-state index in [4.69, 9.17) is 10.00 Å². The van der Waals surface area contributed by atoms with E-state index in [0.29, 0.717) is 16.0 Å². The molecule has 0 N–H and O–H groups in total. The Morgan fingerprint density at radius 1 is 1.62 bits per heavy atom. The molecule has 0 saturated carbocycles. The summed E-state index contributed by atoms with van der Waals surface area (Å²) in [6.45, 7) is 0. The van der Waals surface area contributed by atoms with Crippen molar-refractivity contribution in [1.29, 1.82) is 5.26 Å². The van der Waals surface area contributed by atoms with Crippen LogP contribution in [0, 0.1) is 11.3 Å². The van der Waals surface area contributed by atoms with E-state index in [9.17, 15) is 0 Å². The number of rotatable bonds is 3. The normalized spacial score (nSPS) is 10.2. The summed E-state index contributed by atoms with van der Waals surface area (Å²) >= 11 is 3.21. The second kappa shape index (κ2) is 5.47. The molecule has 0 aliphatic rings. The van der Waals surface area contributed by atoms with Gasteiger partial charge in [0.15, 0.2) is 11.4 Å². The number of hydrogen-bond acceptors (Lipinski definition) is 4. The lowest BCUT2D eigenvalue weighted by atomic mass is 10.3. The van der Waals surface area contributed by atoms with Crippen LogP contribution in [0.25, 0.3) is 0 Å². The van der Waals surface area contributed by atoms with E-state index in [1.165, 1.54) is 7.11 Å². The number of aromatic nitrogens is 1. The van der Waals surface area contributed by atoms with Crippen LogP contribution in [-0.4, -0.2) is 37.4 Å². The largest absolute Gasteiger partial charge is 0.494 e. The Labute approximate surface area is 103 Å². The molecule has 1 aromatic rings. The molecule has 0 fully saturated rings. The maximum atomic E-state index is 8.91. The average Bonchev–Trinajstić information content (AvgIpc) is 2.26. The minimum Gasteiger partial charge on any atom is -0.494 e. The minimum absolute atomic E-state index is 0.255. The Morgan fingerprint density at radius 3 is 2.81 bits per heavy atom. The van der Waals surface area contributed by atoms with Gasteiger partial charge in [-0.25, -0.2) is 9.98 Å². The van der Waals surface area contributed by atoms with Gasteiger partial charge in [0, 0.05) is 20.2 Å². The molecule has 0 radical (unpaired) electrons. The van der Waals surface area contributed by atoms with Crippen molar-refractivity contribution in [3.8, 4) is 11.8 Å². The molecule has 0 aliphatic heterocycles. The van der Waals surface area contributed by atoms with Gasteiger partial charge in [0.1, 0.15) is 16.4 Å². The summed E-state index contributed by atoms with van der Waals surface area (Å²) in [6, 6.07) is 3.64. The molecule has 16 heavy (non-hydrogen) atoms. The van der Waals surface area contributed by atoms with Gasteiger partial charge in [-0.15, -0.1) is 0 Å². The monoisotopic (exact) mass is 282 g/mol. The van der Waals surface area contributed by atoms with Gasteiger partial charge < -0.3 is 9.64 Å². The van der Waals surface area contributed by atoms with E-state index in [2.05, 4.69) is 25.9 Å². The average molecular weight is 283 g/mol. The number of nitriles is 1. The van der Waals surface area contributed by atoms with Crippen molar-refractivity contribution >= 4 is 28.0 Å². The van der Waals surface area contributed by atoms with Crippen LogP contribution in [0.15, 0.2) is 15.7 Å². The number of nitrogens with zero attached hydrogens (tertiary/aromatic N) is 4. The van der Waals surface area contributed by atoms with Gasteiger partial charge in [-0.2, -0.15) is 5.26 Å². The minimum atomic E-state index is 0.255. The lowest BCUT2D eigenvalue weighted by Gasteiger charge is -2.06. The van der Waals surface area contributed by atoms with Crippen LogP contribution in [0.4, 0.5) is 5.69 Å². The summed E-state index contributed by atoms with van der Waals surface area (Å²) in [4.78, 5) is 9.95. The Balaban J connectivity index is 3.21. The summed E-state index contributed by atoms with van der Waals surface area (Å²) in [7, 11) is 5.23. The van der Waals surface area contributed by atoms with Gasteiger partial charge in [-0.05, 0) is 15.9 Å². The number of methoxy groups -OCH3 is 1. The fourth-order valence-electron chi connectivity index (χ4n) is 0.964. The summed E-state index contributed by atoms with van der Waals surface area (Å²) in [5.74, 6) is 0.546. The van der Waals surface area contributed by atoms with Gasteiger partial charge in [-0.1, -0.05) is 0 Å². The second-order valence-corrected chi connectivity index (χ2v) is 3.92. The highest BCUT2D eigenvalue weighted by molar-refractivity contribution is 9.10. The Hall–Kier alpha value is -1.61. The first-order valence-electron chi connectivity index (χ1n) is 4.43. The molecule has 0 aliphatic carbocycles. The Kier molecular flexibility index (Phi) is 4.26. The molecule has 0 bridgehead atoms. The highest BCUT2D eigenvalue weighted by Crippen LogP contribution is 2.29. The van der Waals surface area contributed by atoms with Gasteiger partial charge >= 0.3 is 0 Å². The van der Waals surface area contributed by atoms with E-state index in [1.807, 2.05) is 20.2 Å². The molecule has 1 rings (SSSR count). The van der Waals surface area contributed by atoms with Crippen molar-refractivity contribution in [1.82, 2.24) is 9.88 Å². The first-order valence-corrected chi connectivity index (χ1v) is 5.23. The predicted molar refractivity (Wildman–Crippen MR) is 65.0 cm³/mol. The maximum Gasteiger partial charge on any atom is 0.167 e. The Bertz CT molecular complexity index is 451. The number of halogens is 1. The zero-order chi connectivity index (χ0) is 12.1. The number of hydrogen-bond donors (Lipinski definition) is 0. The molecule has 0 aromatic carbocycles. The second-order valence-electron chi connectivity index (χ2n) is 3.17. The smallest absolute Gasteiger partial charge is 0.167 e. The lowest BCUT2D eigenvalue weighted by molar-refractivity contribution is 0.410. The van der Waals surface area contributed by atoms with Crippen molar-refractivity contribution in [3.05, 3.63) is 16.4 Å². The molecule has 5 nitrogen and oxygen atoms in total. The van der Waals surface area contributed by atoms with E-state index in [-0.39, 0.29) is 5.69 Å². The van der Waals surface area contributed by atoms with Crippen molar-refractivity contribution in [3.63, 3.8) is 0 Å². The number of ether oxygens (including phenoxy) is 1. The van der Waals surface area contributed by atoms with Crippen LogP contribution in [0.3, 0.4) is 0 Å². The fraction of sp³-hybridized carbons (Fsp3) is 0.300. The highest BCUT2D eigenvalue weighted by Gasteiger charge is 2.09. The summed E-state index contributed by atoms with van der Waals surface area (Å²) in [5, 5.41) is 8.91. The van der Waals surface area contributed by atoms with Gasteiger partial charge in [0.25, 0.3) is 0 Å². The maximum absolute atomic E-state index is 8.91. The van der Waals surface area contributed by atoms with Crippen LogP contribution in [0.5, 0.6) is 5.75 Å². The van der Waals surface area contributed by atoms with E-state index >= 15 is 0 Å². The van der Waals surface area contributed by atoms with Crippen LogP contribution in [0.2, 0.25) is 0 Å². The summed E-state index contributed by atoms with van der Waals surface area (Å²) < 4.78 is 5.58. The van der Waals surface area contributed by atoms with Crippen LogP contribution in [0.1, 0.15) is 5.69 Å². The fourth-order valence-corrected chi connectivity index (χ4v) is 1.42. The van der Waals surface area contributed by atoms with Crippen LogP contribution < -0.4 is 4.74 Å². The molecular weight excluding hydrogens is 272 g/mol. The predicted octanol–water partition coefficient (Wildman–Crippen LogP) is 1.95. The van der Waals surface area contributed by atoms with Crippen LogP contribution in [-0.2, 0) is 0 Å². The third-order valence-electron chi connectivity index (χ3n) is 1.68. The van der Waals surface area contributed by atoms with Gasteiger partial charge in [0.2, 0.25) is 0 Å². The van der Waals surface area contributed by atoms with Crippen molar-refractivity contribution in [2.75, 3.05) is 21.2 Å². The molecule has 1 aromatic heterocycles. The number of aliphatic imine (C=N–C) groups is 1. The molecule has 0 saturated heterocycles. The van der Waals surface area contributed by atoms with E-state index in [1.54, 1.807) is 17.3 Å². The number of pyridine rings is 1. The zero-order valence-electron chi connectivity index (χ0n) is 9.23. The Morgan fingerprint density at radius 2 is 2.31 bits per heavy atom. The molecule has 0 unspecified atom stereocenters. The van der Waals surface area contributed by atoms with E-state index in [0.717, 1.165) is 0 Å².